The summed E-state index contributed by atoms with van der Waals surface area (Å²) in [7, 11) is 0. The number of amides is 2. The second-order valence-electron chi connectivity index (χ2n) is 5.87. The lowest BCUT2D eigenvalue weighted by Gasteiger charge is -2.11. The molecule has 128 valence electrons. The molecule has 0 unspecified atom stereocenters. The number of aromatic nitrogens is 3. The Morgan fingerprint density at radius 3 is 2.67 bits per heavy atom. The van der Waals surface area contributed by atoms with Gasteiger partial charge < -0.3 is 10.6 Å². The summed E-state index contributed by atoms with van der Waals surface area (Å²) in [6.45, 7) is 6.33. The van der Waals surface area contributed by atoms with Gasteiger partial charge >= 0.3 is 0 Å². The van der Waals surface area contributed by atoms with E-state index in [1.165, 1.54) is 6.92 Å². The van der Waals surface area contributed by atoms with Crippen LogP contribution in [0, 0.1) is 5.92 Å². The van der Waals surface area contributed by atoms with Crippen LogP contribution in [0.25, 0.3) is 0 Å². The number of hydrogen-bond acceptors (Lipinski definition) is 4. The van der Waals surface area contributed by atoms with E-state index in [9.17, 15) is 9.59 Å². The van der Waals surface area contributed by atoms with Crippen molar-refractivity contribution in [1.29, 1.82) is 0 Å². The van der Waals surface area contributed by atoms with Crippen molar-refractivity contribution in [2.45, 2.75) is 33.7 Å². The highest BCUT2D eigenvalue weighted by atomic mass is 35.5. The first kappa shape index (κ1) is 17.9. The summed E-state index contributed by atoms with van der Waals surface area (Å²) in [4.78, 5) is 23.6. The number of aryl methyl sites for hydroxylation is 1. The molecule has 2 N–H and O–H groups in total. The Balaban J connectivity index is 2.12. The van der Waals surface area contributed by atoms with Crippen molar-refractivity contribution in [2.24, 2.45) is 5.92 Å². The van der Waals surface area contributed by atoms with Gasteiger partial charge in [0.15, 0.2) is 5.69 Å². The van der Waals surface area contributed by atoms with E-state index in [1.54, 1.807) is 29.1 Å². The molecule has 0 aliphatic carbocycles. The minimum absolute atomic E-state index is 0.201. The van der Waals surface area contributed by atoms with Gasteiger partial charge in [0.25, 0.3) is 5.91 Å². The number of nitrogens with one attached hydrogen (secondary N) is 2. The topological polar surface area (TPSA) is 88.9 Å². The van der Waals surface area contributed by atoms with Crippen LogP contribution in [0.3, 0.4) is 0 Å². The smallest absolute Gasteiger partial charge is 0.277 e. The molecule has 0 spiro atoms. The summed E-state index contributed by atoms with van der Waals surface area (Å²) >= 11 is 5.96. The lowest BCUT2D eigenvalue weighted by atomic mass is 10.1. The second-order valence-corrected chi connectivity index (χ2v) is 6.31. The molecule has 1 aromatic heterocycles. The maximum atomic E-state index is 12.3. The molecule has 0 fully saturated rings. The van der Waals surface area contributed by atoms with Crippen LogP contribution in [0.5, 0.6) is 0 Å². The fourth-order valence-electron chi connectivity index (χ4n) is 2.01. The number of halogens is 1. The highest BCUT2D eigenvalue weighted by Crippen LogP contribution is 2.26. The van der Waals surface area contributed by atoms with Crippen LogP contribution >= 0.6 is 11.6 Å². The van der Waals surface area contributed by atoms with Crippen LogP contribution < -0.4 is 10.6 Å². The number of carbonyl (C=O) groups is 2. The Morgan fingerprint density at radius 1 is 1.25 bits per heavy atom. The van der Waals surface area contributed by atoms with Crippen LogP contribution in [0.15, 0.2) is 24.4 Å². The maximum Gasteiger partial charge on any atom is 0.277 e. The average Bonchev–Trinajstić information content (AvgIpc) is 2.96. The second kappa shape index (κ2) is 7.92. The lowest BCUT2D eigenvalue weighted by Crippen LogP contribution is -2.15. The summed E-state index contributed by atoms with van der Waals surface area (Å²) < 4.78 is 1.64. The molecule has 0 bridgehead atoms. The fourth-order valence-corrected chi connectivity index (χ4v) is 2.18. The molecule has 0 saturated heterocycles. The molecule has 1 aromatic carbocycles. The number of carbonyl (C=O) groups excluding carboxylic acids is 2. The molecule has 2 rings (SSSR count). The van der Waals surface area contributed by atoms with E-state index >= 15 is 0 Å². The van der Waals surface area contributed by atoms with Gasteiger partial charge in [0, 0.05) is 18.5 Å². The SMILES string of the molecule is CC(=O)Nc1ccc(Cl)cc1NC(=O)c1cn(CCC(C)C)nn1. The molecule has 0 aliphatic rings. The van der Waals surface area contributed by atoms with Crippen molar-refractivity contribution in [2.75, 3.05) is 10.6 Å². The highest BCUT2D eigenvalue weighted by Gasteiger charge is 2.14. The van der Waals surface area contributed by atoms with Crippen molar-refractivity contribution >= 4 is 34.8 Å². The van der Waals surface area contributed by atoms with Gasteiger partial charge in [0.2, 0.25) is 5.91 Å². The molecule has 0 saturated carbocycles. The Bertz CT molecular complexity index is 742. The maximum absolute atomic E-state index is 12.3. The zero-order chi connectivity index (χ0) is 17.7. The van der Waals surface area contributed by atoms with Gasteiger partial charge in [-0.3, -0.25) is 14.3 Å². The van der Waals surface area contributed by atoms with E-state index < -0.39 is 5.91 Å². The molecule has 0 aliphatic heterocycles. The minimum Gasteiger partial charge on any atom is -0.325 e. The van der Waals surface area contributed by atoms with Gasteiger partial charge in [0.1, 0.15) is 0 Å². The first-order valence-corrected chi connectivity index (χ1v) is 8.01. The van der Waals surface area contributed by atoms with Gasteiger partial charge in [-0.05, 0) is 30.5 Å². The van der Waals surface area contributed by atoms with Crippen LogP contribution in [-0.4, -0.2) is 26.8 Å². The lowest BCUT2D eigenvalue weighted by molar-refractivity contribution is -0.114. The first-order valence-electron chi connectivity index (χ1n) is 7.63. The molecule has 8 heteroatoms. The van der Waals surface area contributed by atoms with E-state index in [-0.39, 0.29) is 11.6 Å². The van der Waals surface area contributed by atoms with Crippen molar-refractivity contribution in [3.63, 3.8) is 0 Å². The number of hydrogen-bond donors (Lipinski definition) is 2. The van der Waals surface area contributed by atoms with E-state index in [2.05, 4.69) is 34.8 Å². The largest absolute Gasteiger partial charge is 0.325 e. The number of rotatable bonds is 6. The summed E-state index contributed by atoms with van der Waals surface area (Å²) in [5, 5.41) is 13.6. The van der Waals surface area contributed by atoms with E-state index in [0.29, 0.717) is 28.9 Å². The van der Waals surface area contributed by atoms with Crippen LogP contribution in [0.2, 0.25) is 5.02 Å². The molecule has 2 amide bonds. The van der Waals surface area contributed by atoms with Gasteiger partial charge in [-0.2, -0.15) is 0 Å². The van der Waals surface area contributed by atoms with E-state index in [1.807, 2.05) is 0 Å². The molecule has 24 heavy (non-hydrogen) atoms. The van der Waals surface area contributed by atoms with Gasteiger partial charge in [-0.15, -0.1) is 5.10 Å². The first-order chi connectivity index (χ1) is 11.3. The monoisotopic (exact) mass is 349 g/mol. The van der Waals surface area contributed by atoms with E-state index in [0.717, 1.165) is 6.42 Å². The molecule has 2 aromatic rings. The summed E-state index contributed by atoms with van der Waals surface area (Å²) in [5.41, 5.74) is 1.07. The normalized spacial score (nSPS) is 10.7. The Hall–Kier alpha value is -2.41. The predicted octanol–water partition coefficient (Wildman–Crippen LogP) is 3.19. The molecule has 0 radical (unpaired) electrons. The molecular weight excluding hydrogens is 330 g/mol. The number of nitrogens with zero attached hydrogens (tertiary/aromatic N) is 3. The highest BCUT2D eigenvalue weighted by molar-refractivity contribution is 6.31. The zero-order valence-electron chi connectivity index (χ0n) is 13.8. The standard InChI is InChI=1S/C16H20ClN5O2/c1-10(2)6-7-22-9-15(20-21-22)16(24)19-14-8-12(17)4-5-13(14)18-11(3)23/h4-5,8-10H,6-7H2,1-3H3,(H,18,23)(H,19,24). The number of benzene rings is 1. The van der Waals surface area contributed by atoms with Crippen LogP contribution in [0.1, 0.15) is 37.7 Å². The van der Waals surface area contributed by atoms with Crippen molar-refractivity contribution in [3.05, 3.63) is 35.1 Å². The number of anilines is 2. The van der Waals surface area contributed by atoms with Crippen LogP contribution in [0.4, 0.5) is 11.4 Å². The Kier molecular flexibility index (Phi) is 5.92. The van der Waals surface area contributed by atoms with Crippen molar-refractivity contribution in [3.8, 4) is 0 Å². The molecule has 7 nitrogen and oxygen atoms in total. The summed E-state index contributed by atoms with van der Waals surface area (Å²) in [6, 6.07) is 4.82. The fraction of sp³-hybridized carbons (Fsp3) is 0.375. The third-order valence-electron chi connectivity index (χ3n) is 3.25. The average molecular weight is 350 g/mol. The van der Waals surface area contributed by atoms with Gasteiger partial charge in [-0.25, -0.2) is 0 Å². The van der Waals surface area contributed by atoms with Gasteiger partial charge in [0.05, 0.1) is 17.6 Å². The Morgan fingerprint density at radius 2 is 2.00 bits per heavy atom. The molecule has 1 heterocycles. The third kappa shape index (κ3) is 5.06. The van der Waals surface area contributed by atoms with Gasteiger partial charge in [-0.1, -0.05) is 30.7 Å². The third-order valence-corrected chi connectivity index (χ3v) is 3.48. The summed E-state index contributed by atoms with van der Waals surface area (Å²) in [5.74, 6) is -0.120. The quantitative estimate of drug-likeness (QED) is 0.838. The summed E-state index contributed by atoms with van der Waals surface area (Å²) in [6.07, 6.45) is 2.55. The van der Waals surface area contributed by atoms with Crippen molar-refractivity contribution < 1.29 is 9.59 Å². The van der Waals surface area contributed by atoms with E-state index in [4.69, 9.17) is 11.6 Å². The van der Waals surface area contributed by atoms with Crippen LogP contribution in [-0.2, 0) is 11.3 Å². The predicted molar refractivity (Wildman–Crippen MR) is 93.2 cm³/mol. The molecule has 0 atom stereocenters. The van der Waals surface area contributed by atoms with Crippen molar-refractivity contribution in [1.82, 2.24) is 15.0 Å². The minimum atomic E-state index is -0.417. The molecular formula is C16H20ClN5O2. The Labute approximate surface area is 145 Å². The zero-order valence-corrected chi connectivity index (χ0v) is 14.6.